The second-order valence-electron chi connectivity index (χ2n) is 13.1. The maximum absolute atomic E-state index is 14.0. The van der Waals surface area contributed by atoms with E-state index in [9.17, 15) is 24.6 Å². The van der Waals surface area contributed by atoms with E-state index in [0.29, 0.717) is 50.8 Å². The first-order chi connectivity index (χ1) is 21.9. The van der Waals surface area contributed by atoms with Crippen molar-refractivity contribution in [1.29, 1.82) is 0 Å². The number of amides is 3. The van der Waals surface area contributed by atoms with Gasteiger partial charge in [0.05, 0.1) is 37.6 Å². The SMILES string of the molecule is O=C(N[C@@H](Cc1cnc[nH]1)C(=O)N[C@@H](CC1CCCCC1)[C@@H](O)[C@@H](O)C1CC1)[C@@H](CC(=O)N1CCOCC1)Cc1ccccc1. The summed E-state index contributed by atoms with van der Waals surface area (Å²) < 4.78 is 5.40. The zero-order valence-corrected chi connectivity index (χ0v) is 26.1. The van der Waals surface area contributed by atoms with Crippen molar-refractivity contribution in [3.05, 3.63) is 54.1 Å². The van der Waals surface area contributed by atoms with E-state index >= 15 is 0 Å². The number of imidazole rings is 1. The fourth-order valence-electron chi connectivity index (χ4n) is 6.73. The Hall–Kier alpha value is -3.28. The summed E-state index contributed by atoms with van der Waals surface area (Å²) in [6, 6.07) is 7.94. The highest BCUT2D eigenvalue weighted by Crippen LogP contribution is 2.36. The number of nitrogens with one attached hydrogen (secondary N) is 3. The molecule has 1 aromatic heterocycles. The third kappa shape index (κ3) is 9.85. The van der Waals surface area contributed by atoms with Crippen molar-refractivity contribution >= 4 is 17.7 Å². The minimum Gasteiger partial charge on any atom is -0.390 e. The average molecular weight is 624 g/mol. The van der Waals surface area contributed by atoms with E-state index in [2.05, 4.69) is 20.6 Å². The van der Waals surface area contributed by atoms with Crippen LogP contribution in [0.5, 0.6) is 0 Å². The van der Waals surface area contributed by atoms with Gasteiger partial charge in [-0.05, 0) is 43.1 Å². The molecule has 45 heavy (non-hydrogen) atoms. The smallest absolute Gasteiger partial charge is 0.243 e. The van der Waals surface area contributed by atoms with Gasteiger partial charge in [0.2, 0.25) is 17.7 Å². The Bertz CT molecular complexity index is 1210. The normalized spacial score (nSPS) is 20.9. The molecule has 3 amide bonds. The Labute approximate surface area is 265 Å². The third-order valence-electron chi connectivity index (χ3n) is 9.60. The number of rotatable bonds is 15. The number of hydrogen-bond donors (Lipinski definition) is 5. The van der Waals surface area contributed by atoms with Crippen molar-refractivity contribution in [3.63, 3.8) is 0 Å². The highest BCUT2D eigenvalue weighted by Gasteiger charge is 2.40. The van der Waals surface area contributed by atoms with Crippen molar-refractivity contribution in [2.24, 2.45) is 17.8 Å². The van der Waals surface area contributed by atoms with Crippen LogP contribution in [0, 0.1) is 17.8 Å². The molecule has 1 saturated heterocycles. The molecular weight excluding hydrogens is 574 g/mol. The predicted octanol–water partition coefficient (Wildman–Crippen LogP) is 2.13. The lowest BCUT2D eigenvalue weighted by Gasteiger charge is -2.33. The summed E-state index contributed by atoms with van der Waals surface area (Å²) in [5.41, 5.74) is 1.59. The highest BCUT2D eigenvalue weighted by atomic mass is 16.5. The van der Waals surface area contributed by atoms with Crippen LogP contribution in [0.3, 0.4) is 0 Å². The van der Waals surface area contributed by atoms with Gasteiger partial charge in [-0.15, -0.1) is 0 Å². The van der Waals surface area contributed by atoms with Gasteiger partial charge in [0.25, 0.3) is 0 Å². The minimum atomic E-state index is -1.09. The number of hydrogen-bond acceptors (Lipinski definition) is 7. The number of morpholine rings is 1. The fraction of sp³-hybridized carbons (Fsp3) is 0.647. The first kappa shape index (κ1) is 33.1. The Balaban J connectivity index is 1.32. The number of H-pyrrole nitrogens is 1. The molecule has 5 atom stereocenters. The molecule has 2 aromatic rings. The molecule has 2 saturated carbocycles. The lowest BCUT2D eigenvalue weighted by Crippen LogP contribution is -2.56. The molecule has 1 aromatic carbocycles. The first-order valence-corrected chi connectivity index (χ1v) is 16.7. The van der Waals surface area contributed by atoms with Crippen molar-refractivity contribution in [3.8, 4) is 0 Å². The molecule has 5 N–H and O–H groups in total. The number of nitrogens with zero attached hydrogens (tertiary/aromatic N) is 2. The van der Waals surface area contributed by atoms with Crippen molar-refractivity contribution in [2.75, 3.05) is 26.3 Å². The molecule has 0 bridgehead atoms. The summed E-state index contributed by atoms with van der Waals surface area (Å²) in [5, 5.41) is 28.1. The van der Waals surface area contributed by atoms with Gasteiger partial charge in [-0.25, -0.2) is 4.98 Å². The summed E-state index contributed by atoms with van der Waals surface area (Å²) >= 11 is 0. The standard InChI is InChI=1S/C34H49N5O6/c40-30(39-13-15-45-16-14-39)19-26(17-23-7-3-1-4-8-23)33(43)38-29(20-27-21-35-22-36-27)34(44)37-28(18-24-9-5-2-6-10-24)32(42)31(41)25-11-12-25/h1,3-4,7-8,21-22,24-26,28-29,31-32,41-42H,2,5-6,9-20H2,(H,35,36)(H,37,44)(H,38,43)/t26-,28+,29+,31+,32-/m1/s1. The molecule has 0 spiro atoms. The molecule has 11 nitrogen and oxygen atoms in total. The van der Waals surface area contributed by atoms with E-state index in [0.717, 1.165) is 44.1 Å². The number of carbonyl (C=O) groups is 3. The Morgan fingerprint density at radius 2 is 1.69 bits per heavy atom. The zero-order valence-electron chi connectivity index (χ0n) is 26.1. The molecule has 3 aliphatic rings. The molecule has 246 valence electrons. The molecule has 5 rings (SSSR count). The van der Waals surface area contributed by atoms with E-state index in [1.54, 1.807) is 11.1 Å². The number of benzene rings is 1. The molecule has 11 heteroatoms. The number of aliphatic hydroxyl groups is 2. The van der Waals surface area contributed by atoms with Gasteiger partial charge < -0.3 is 35.5 Å². The van der Waals surface area contributed by atoms with Crippen LogP contribution in [0.4, 0.5) is 0 Å². The van der Waals surface area contributed by atoms with Gasteiger partial charge in [-0.2, -0.15) is 0 Å². The Morgan fingerprint density at radius 1 is 0.956 bits per heavy atom. The Kier molecular flexibility index (Phi) is 12.0. The van der Waals surface area contributed by atoms with Crippen LogP contribution in [0.25, 0.3) is 0 Å². The number of ether oxygens (including phenoxy) is 1. The number of carbonyl (C=O) groups excluding carboxylic acids is 3. The van der Waals surface area contributed by atoms with Crippen LogP contribution in [0.15, 0.2) is 42.9 Å². The number of aromatic amines is 1. The summed E-state index contributed by atoms with van der Waals surface area (Å²) in [5.74, 6) is -1.23. The van der Waals surface area contributed by atoms with E-state index in [1.807, 2.05) is 30.3 Å². The molecule has 0 radical (unpaired) electrons. The van der Waals surface area contributed by atoms with Crippen molar-refractivity contribution in [1.82, 2.24) is 25.5 Å². The summed E-state index contributed by atoms with van der Waals surface area (Å²) in [7, 11) is 0. The largest absolute Gasteiger partial charge is 0.390 e. The molecule has 1 aliphatic heterocycles. The predicted molar refractivity (Wildman–Crippen MR) is 168 cm³/mol. The highest BCUT2D eigenvalue weighted by molar-refractivity contribution is 5.91. The quantitative estimate of drug-likeness (QED) is 0.203. The summed E-state index contributed by atoms with van der Waals surface area (Å²) in [6.45, 7) is 1.91. The van der Waals surface area contributed by atoms with E-state index in [4.69, 9.17) is 4.74 Å². The third-order valence-corrected chi connectivity index (χ3v) is 9.60. The molecule has 0 unspecified atom stereocenters. The zero-order chi connectivity index (χ0) is 31.6. The number of aliphatic hydroxyl groups excluding tert-OH is 2. The van der Waals surface area contributed by atoms with Crippen LogP contribution in [-0.4, -0.2) is 93.4 Å². The van der Waals surface area contributed by atoms with Gasteiger partial charge in [0.15, 0.2) is 0 Å². The lowest BCUT2D eigenvalue weighted by atomic mass is 9.82. The maximum Gasteiger partial charge on any atom is 0.243 e. The van der Waals surface area contributed by atoms with E-state index in [1.165, 1.54) is 12.7 Å². The van der Waals surface area contributed by atoms with Crippen molar-refractivity contribution < 1.29 is 29.3 Å². The van der Waals surface area contributed by atoms with Gasteiger partial charge in [0.1, 0.15) is 12.1 Å². The van der Waals surface area contributed by atoms with E-state index < -0.39 is 36.1 Å². The van der Waals surface area contributed by atoms with Crippen LogP contribution in [-0.2, 0) is 32.0 Å². The second-order valence-corrected chi connectivity index (χ2v) is 13.1. The van der Waals surface area contributed by atoms with Gasteiger partial charge in [-0.3, -0.25) is 14.4 Å². The Morgan fingerprint density at radius 3 is 2.36 bits per heavy atom. The second kappa shape index (κ2) is 16.3. The topological polar surface area (TPSA) is 157 Å². The summed E-state index contributed by atoms with van der Waals surface area (Å²) in [6.07, 6.45) is 9.46. The molecular formula is C34H49N5O6. The van der Waals surface area contributed by atoms with Gasteiger partial charge in [-0.1, -0.05) is 62.4 Å². The minimum absolute atomic E-state index is 0.00965. The molecule has 2 aliphatic carbocycles. The van der Waals surface area contributed by atoms with Gasteiger partial charge in [0, 0.05) is 37.8 Å². The fourth-order valence-corrected chi connectivity index (χ4v) is 6.73. The molecule has 2 heterocycles. The molecule has 3 fully saturated rings. The maximum atomic E-state index is 14.0. The van der Waals surface area contributed by atoms with Crippen LogP contribution >= 0.6 is 0 Å². The first-order valence-electron chi connectivity index (χ1n) is 16.7. The van der Waals surface area contributed by atoms with Crippen LogP contribution < -0.4 is 10.6 Å². The van der Waals surface area contributed by atoms with Crippen molar-refractivity contribution in [2.45, 2.75) is 94.9 Å². The summed E-state index contributed by atoms with van der Waals surface area (Å²) in [4.78, 5) is 50.0. The van der Waals surface area contributed by atoms with Gasteiger partial charge >= 0.3 is 0 Å². The van der Waals surface area contributed by atoms with Crippen LogP contribution in [0.2, 0.25) is 0 Å². The van der Waals surface area contributed by atoms with Crippen LogP contribution in [0.1, 0.15) is 69.0 Å². The average Bonchev–Trinajstić information content (AvgIpc) is 3.79. The monoisotopic (exact) mass is 623 g/mol. The number of aromatic nitrogens is 2. The van der Waals surface area contributed by atoms with E-state index in [-0.39, 0.29) is 30.6 Å². The lowest BCUT2D eigenvalue weighted by molar-refractivity contribution is -0.140.